The molecule has 0 aromatic heterocycles. The van der Waals surface area contributed by atoms with E-state index in [9.17, 15) is 4.57 Å². The zero-order valence-corrected chi connectivity index (χ0v) is 6.03. The second-order valence-corrected chi connectivity index (χ2v) is 3.78. The molecular weight excluding hydrogens is 107 g/mol. The second kappa shape index (κ2) is 3.15. The zero-order valence-electron chi connectivity index (χ0n) is 5.14. The molecule has 0 aromatic carbocycles. The first-order valence-electron chi connectivity index (χ1n) is 2.58. The molecule has 0 fully saturated rings. The van der Waals surface area contributed by atoms with Gasteiger partial charge in [-0.1, -0.05) is 11.5 Å². The van der Waals surface area contributed by atoms with Crippen molar-refractivity contribution in [1.82, 2.24) is 0 Å². The van der Waals surface area contributed by atoms with Crippen molar-refractivity contribution in [3.8, 4) is 0 Å². The van der Waals surface area contributed by atoms with Crippen molar-refractivity contribution in [3.63, 3.8) is 0 Å². The Balaban J connectivity index is 3.34. The summed E-state index contributed by atoms with van der Waals surface area (Å²) in [6.07, 6.45) is 1.03. The largest absolute Gasteiger partial charge is 0.338 e. The Hall–Kier alpha value is 0.100. The van der Waals surface area contributed by atoms with Gasteiger partial charge in [0.1, 0.15) is 6.66 Å². The molecule has 42 valence electrons. The molecular formula is C5H12OP+. The van der Waals surface area contributed by atoms with Crippen LogP contribution in [0.5, 0.6) is 0 Å². The van der Waals surface area contributed by atoms with Crippen molar-refractivity contribution in [2.45, 2.75) is 25.9 Å². The van der Waals surface area contributed by atoms with Crippen molar-refractivity contribution in [1.29, 1.82) is 0 Å². The summed E-state index contributed by atoms with van der Waals surface area (Å²) in [5, 5.41) is 0. The highest BCUT2D eigenvalue weighted by atomic mass is 31.1. The summed E-state index contributed by atoms with van der Waals surface area (Å²) >= 11 is 0. The van der Waals surface area contributed by atoms with Crippen molar-refractivity contribution in [2.24, 2.45) is 0 Å². The molecule has 0 N–H and O–H groups in total. The Morgan fingerprint density at radius 1 is 1.71 bits per heavy atom. The zero-order chi connectivity index (χ0) is 5.86. The number of hydrogen-bond donors (Lipinski definition) is 0. The summed E-state index contributed by atoms with van der Waals surface area (Å²) in [7, 11) is -0.912. The van der Waals surface area contributed by atoms with Crippen molar-refractivity contribution < 1.29 is 4.57 Å². The van der Waals surface area contributed by atoms with E-state index in [0.29, 0.717) is 5.66 Å². The van der Waals surface area contributed by atoms with Crippen LogP contribution in [0.4, 0.5) is 0 Å². The van der Waals surface area contributed by atoms with E-state index < -0.39 is 7.80 Å². The highest BCUT2D eigenvalue weighted by Crippen LogP contribution is 2.23. The van der Waals surface area contributed by atoms with E-state index in [-0.39, 0.29) is 0 Å². The molecule has 2 heteroatoms. The number of hydrogen-bond acceptors (Lipinski definition) is 1. The van der Waals surface area contributed by atoms with Gasteiger partial charge in [0.05, 0.1) is 0 Å². The molecule has 0 spiro atoms. The second-order valence-electron chi connectivity index (χ2n) is 1.80. The van der Waals surface area contributed by atoms with Crippen LogP contribution in [0.1, 0.15) is 20.3 Å². The third kappa shape index (κ3) is 2.76. The van der Waals surface area contributed by atoms with E-state index in [1.807, 2.05) is 6.92 Å². The van der Waals surface area contributed by atoms with Crippen molar-refractivity contribution in [2.75, 3.05) is 6.66 Å². The molecule has 0 radical (unpaired) electrons. The molecule has 0 aliphatic carbocycles. The summed E-state index contributed by atoms with van der Waals surface area (Å²) in [6, 6.07) is 0. The van der Waals surface area contributed by atoms with Gasteiger partial charge in [0.15, 0.2) is 5.66 Å². The summed E-state index contributed by atoms with van der Waals surface area (Å²) in [4.78, 5) is 0. The van der Waals surface area contributed by atoms with E-state index in [1.54, 1.807) is 6.66 Å². The van der Waals surface area contributed by atoms with Crippen LogP contribution in [-0.2, 0) is 4.57 Å². The quantitative estimate of drug-likeness (QED) is 0.509. The minimum atomic E-state index is -0.912. The molecule has 2 atom stereocenters. The fourth-order valence-electron chi connectivity index (χ4n) is 0.257. The van der Waals surface area contributed by atoms with Crippen LogP contribution in [0, 0.1) is 0 Å². The van der Waals surface area contributed by atoms with Gasteiger partial charge in [-0.25, -0.2) is 0 Å². The molecule has 0 aliphatic rings. The SMILES string of the molecule is CCC(C)[P+](C)=O. The van der Waals surface area contributed by atoms with Crippen molar-refractivity contribution in [3.05, 3.63) is 0 Å². The third-order valence-electron chi connectivity index (χ3n) is 1.21. The Morgan fingerprint density at radius 3 is 2.14 bits per heavy atom. The Labute approximate surface area is 45.9 Å². The molecule has 0 bridgehead atoms. The summed E-state index contributed by atoms with van der Waals surface area (Å²) in [5.41, 5.74) is 0.412. The van der Waals surface area contributed by atoms with Crippen LogP contribution in [0.2, 0.25) is 0 Å². The Bertz CT molecular complexity index is 70.5. The molecule has 7 heavy (non-hydrogen) atoms. The lowest BCUT2D eigenvalue weighted by Crippen LogP contribution is -1.88. The van der Waals surface area contributed by atoms with Crippen LogP contribution in [0.25, 0.3) is 0 Å². The Morgan fingerprint density at radius 2 is 2.14 bits per heavy atom. The molecule has 0 aliphatic heterocycles. The molecule has 0 saturated carbocycles. The van der Waals surface area contributed by atoms with Gasteiger partial charge in [-0.05, 0) is 13.3 Å². The molecule has 2 unspecified atom stereocenters. The van der Waals surface area contributed by atoms with Gasteiger partial charge >= 0.3 is 7.80 Å². The van der Waals surface area contributed by atoms with Crippen LogP contribution < -0.4 is 0 Å². The lowest BCUT2D eigenvalue weighted by Gasteiger charge is -1.86. The maximum Gasteiger partial charge on any atom is 0.338 e. The molecule has 1 nitrogen and oxygen atoms in total. The van der Waals surface area contributed by atoms with Gasteiger partial charge in [0.2, 0.25) is 0 Å². The minimum Gasteiger partial charge on any atom is -0.0749 e. The average Bonchev–Trinajstić information content (AvgIpc) is 1.65. The molecule has 0 rings (SSSR count). The van der Waals surface area contributed by atoms with Gasteiger partial charge in [0.25, 0.3) is 0 Å². The maximum absolute atomic E-state index is 10.5. The standard InChI is InChI=1S/C5H12OP/c1-4-5(2)7(3)6/h5H,4H2,1-3H3/q+1. The van der Waals surface area contributed by atoms with Gasteiger partial charge < -0.3 is 0 Å². The highest BCUT2D eigenvalue weighted by molar-refractivity contribution is 7.44. The Kier molecular flexibility index (Phi) is 3.19. The first-order valence-corrected chi connectivity index (χ1v) is 4.36. The third-order valence-corrected chi connectivity index (χ3v) is 2.82. The van der Waals surface area contributed by atoms with Crippen LogP contribution in [0.3, 0.4) is 0 Å². The fraction of sp³-hybridized carbons (Fsp3) is 1.00. The van der Waals surface area contributed by atoms with Gasteiger partial charge in [-0.15, -0.1) is 0 Å². The summed E-state index contributed by atoms with van der Waals surface area (Å²) in [6.45, 7) is 5.85. The van der Waals surface area contributed by atoms with E-state index in [0.717, 1.165) is 6.42 Å². The maximum atomic E-state index is 10.5. The van der Waals surface area contributed by atoms with Crippen LogP contribution in [0.15, 0.2) is 0 Å². The summed E-state index contributed by atoms with van der Waals surface area (Å²) in [5.74, 6) is 0. The van der Waals surface area contributed by atoms with Crippen LogP contribution in [-0.4, -0.2) is 12.3 Å². The van der Waals surface area contributed by atoms with Crippen molar-refractivity contribution >= 4 is 7.80 Å². The molecule has 0 aromatic rings. The predicted molar refractivity (Wildman–Crippen MR) is 33.3 cm³/mol. The minimum absolute atomic E-state index is 0.412. The average molecular weight is 119 g/mol. The van der Waals surface area contributed by atoms with E-state index >= 15 is 0 Å². The van der Waals surface area contributed by atoms with Gasteiger partial charge in [0, 0.05) is 0 Å². The monoisotopic (exact) mass is 119 g/mol. The van der Waals surface area contributed by atoms with Gasteiger partial charge in [-0.2, -0.15) is 0 Å². The fourth-order valence-corrected chi connectivity index (χ4v) is 0.771. The lowest BCUT2D eigenvalue weighted by molar-refractivity contribution is 0.582. The lowest BCUT2D eigenvalue weighted by atomic mass is 10.4. The normalized spacial score (nSPS) is 16.1. The first kappa shape index (κ1) is 7.10. The van der Waals surface area contributed by atoms with E-state index in [4.69, 9.17) is 0 Å². The summed E-state index contributed by atoms with van der Waals surface area (Å²) < 4.78 is 10.5. The van der Waals surface area contributed by atoms with Gasteiger partial charge in [-0.3, -0.25) is 0 Å². The smallest absolute Gasteiger partial charge is 0.0749 e. The first-order chi connectivity index (χ1) is 3.18. The molecule has 0 saturated heterocycles. The highest BCUT2D eigenvalue weighted by Gasteiger charge is 2.14. The van der Waals surface area contributed by atoms with E-state index in [2.05, 4.69) is 6.92 Å². The predicted octanol–water partition coefficient (Wildman–Crippen LogP) is 2.24. The molecule has 0 amide bonds. The number of rotatable bonds is 2. The topological polar surface area (TPSA) is 17.1 Å². The van der Waals surface area contributed by atoms with E-state index in [1.165, 1.54) is 0 Å². The van der Waals surface area contributed by atoms with Crippen LogP contribution >= 0.6 is 7.80 Å². The molecule has 0 heterocycles.